The number of nitrogens with zero attached hydrogens (tertiary/aromatic N) is 1. The van der Waals surface area contributed by atoms with E-state index < -0.39 is 5.60 Å². The van der Waals surface area contributed by atoms with Crippen molar-refractivity contribution in [1.29, 1.82) is 0 Å². The van der Waals surface area contributed by atoms with E-state index in [4.69, 9.17) is 0 Å². The zero-order valence-electron chi connectivity index (χ0n) is 12.2. The van der Waals surface area contributed by atoms with E-state index in [2.05, 4.69) is 17.1 Å². The number of aliphatic hydroxyl groups is 1. The van der Waals surface area contributed by atoms with Gasteiger partial charge in [-0.1, -0.05) is 54.6 Å². The number of hydrogen-bond acceptors (Lipinski definition) is 3. The third kappa shape index (κ3) is 2.02. The van der Waals surface area contributed by atoms with Gasteiger partial charge < -0.3 is 5.11 Å². The maximum Gasteiger partial charge on any atom is 0.139 e. The van der Waals surface area contributed by atoms with Crippen molar-refractivity contribution in [2.75, 3.05) is 0 Å². The van der Waals surface area contributed by atoms with Gasteiger partial charge in [-0.3, -0.25) is 0 Å². The third-order valence-electron chi connectivity index (χ3n) is 4.02. The molecule has 0 aliphatic carbocycles. The topological polar surface area (TPSA) is 33.1 Å². The van der Waals surface area contributed by atoms with Crippen molar-refractivity contribution in [3.05, 3.63) is 77.3 Å². The summed E-state index contributed by atoms with van der Waals surface area (Å²) in [5.74, 6) is 0. The number of fused-ring (bicyclic) bond motifs is 2. The quantitative estimate of drug-likeness (QED) is 0.582. The molecule has 0 fully saturated rings. The highest BCUT2D eigenvalue weighted by molar-refractivity contribution is 7.18. The molecule has 1 unspecified atom stereocenters. The summed E-state index contributed by atoms with van der Waals surface area (Å²) in [4.78, 5) is 4.64. The fourth-order valence-electron chi connectivity index (χ4n) is 2.85. The third-order valence-corrected chi connectivity index (χ3v) is 5.27. The monoisotopic (exact) mass is 305 g/mol. The second kappa shape index (κ2) is 4.90. The Morgan fingerprint density at radius 3 is 2.50 bits per heavy atom. The van der Waals surface area contributed by atoms with E-state index in [1.54, 1.807) is 11.3 Å². The molecule has 4 aromatic rings. The number of thiazole rings is 1. The van der Waals surface area contributed by atoms with Gasteiger partial charge in [-0.05, 0) is 35.4 Å². The summed E-state index contributed by atoms with van der Waals surface area (Å²) in [5.41, 5.74) is 0.720. The zero-order valence-corrected chi connectivity index (χ0v) is 13.0. The Hall–Kier alpha value is -2.23. The van der Waals surface area contributed by atoms with Crippen LogP contribution < -0.4 is 0 Å². The van der Waals surface area contributed by atoms with Gasteiger partial charge in [0.05, 0.1) is 10.2 Å². The Bertz CT molecular complexity index is 933. The molecule has 1 N–H and O–H groups in total. The van der Waals surface area contributed by atoms with Gasteiger partial charge >= 0.3 is 0 Å². The molecule has 1 atom stereocenters. The minimum absolute atomic E-state index is 0.727. The summed E-state index contributed by atoms with van der Waals surface area (Å²) in [6, 6.07) is 22.1. The summed E-state index contributed by atoms with van der Waals surface area (Å²) < 4.78 is 1.10. The van der Waals surface area contributed by atoms with Crippen LogP contribution in [0.3, 0.4) is 0 Å². The summed E-state index contributed by atoms with van der Waals surface area (Å²) in [6.07, 6.45) is 0. The van der Waals surface area contributed by atoms with Crippen molar-refractivity contribution < 1.29 is 5.11 Å². The van der Waals surface area contributed by atoms with Gasteiger partial charge in [-0.2, -0.15) is 0 Å². The molecule has 3 aromatic carbocycles. The molecule has 1 heterocycles. The second-order valence-corrected chi connectivity index (χ2v) is 6.62. The minimum atomic E-state index is -1.11. The Labute approximate surface area is 132 Å². The molecule has 0 aliphatic heterocycles. The van der Waals surface area contributed by atoms with Gasteiger partial charge in [0, 0.05) is 0 Å². The molecule has 0 radical (unpaired) electrons. The predicted octanol–water partition coefficient (Wildman–Crippen LogP) is 4.71. The van der Waals surface area contributed by atoms with Crippen LogP contribution in [0.5, 0.6) is 0 Å². The Balaban J connectivity index is 1.95. The highest BCUT2D eigenvalue weighted by atomic mass is 32.1. The number of rotatable bonds is 2. The van der Waals surface area contributed by atoms with Crippen LogP contribution in [-0.4, -0.2) is 10.1 Å². The average Bonchev–Trinajstić information content (AvgIpc) is 2.99. The van der Waals surface area contributed by atoms with Gasteiger partial charge in [-0.25, -0.2) is 4.98 Å². The lowest BCUT2D eigenvalue weighted by Crippen LogP contribution is -2.22. The molecule has 0 saturated heterocycles. The molecule has 0 amide bonds. The highest BCUT2D eigenvalue weighted by Crippen LogP contribution is 2.37. The van der Waals surface area contributed by atoms with E-state index in [1.165, 1.54) is 0 Å². The molecule has 2 nitrogen and oxygen atoms in total. The second-order valence-electron chi connectivity index (χ2n) is 5.59. The Morgan fingerprint density at radius 2 is 1.64 bits per heavy atom. The number of para-hydroxylation sites is 1. The Kier molecular flexibility index (Phi) is 2.99. The van der Waals surface area contributed by atoms with Crippen molar-refractivity contribution in [2.45, 2.75) is 12.5 Å². The van der Waals surface area contributed by atoms with Crippen LogP contribution in [0.25, 0.3) is 21.0 Å². The molecule has 22 heavy (non-hydrogen) atoms. The van der Waals surface area contributed by atoms with E-state index in [-0.39, 0.29) is 0 Å². The molecular formula is C19H15NOS. The van der Waals surface area contributed by atoms with Gasteiger partial charge in [0.15, 0.2) is 0 Å². The molecular weight excluding hydrogens is 290 g/mol. The van der Waals surface area contributed by atoms with E-state index in [1.807, 2.05) is 61.5 Å². The Morgan fingerprint density at radius 1 is 0.909 bits per heavy atom. The van der Waals surface area contributed by atoms with E-state index in [0.717, 1.165) is 31.6 Å². The molecule has 1 aromatic heterocycles. The van der Waals surface area contributed by atoms with Crippen molar-refractivity contribution >= 4 is 32.3 Å². The molecule has 0 bridgehead atoms. The average molecular weight is 305 g/mol. The minimum Gasteiger partial charge on any atom is -0.378 e. The van der Waals surface area contributed by atoms with Crippen LogP contribution in [0.2, 0.25) is 0 Å². The van der Waals surface area contributed by atoms with Crippen molar-refractivity contribution in [3.63, 3.8) is 0 Å². The summed E-state index contributed by atoms with van der Waals surface area (Å²) >= 11 is 1.55. The van der Waals surface area contributed by atoms with Crippen molar-refractivity contribution in [2.24, 2.45) is 0 Å². The maximum atomic E-state index is 11.2. The van der Waals surface area contributed by atoms with Crippen LogP contribution in [0.1, 0.15) is 17.5 Å². The summed E-state index contributed by atoms with van der Waals surface area (Å²) in [5, 5.41) is 14.1. The van der Waals surface area contributed by atoms with E-state index >= 15 is 0 Å². The molecule has 4 rings (SSSR count). The molecule has 0 saturated carbocycles. The SMILES string of the molecule is CC(O)(c1nc2ccccc2s1)c1cccc2ccccc12. The van der Waals surface area contributed by atoms with Gasteiger partial charge in [-0.15, -0.1) is 11.3 Å². The molecule has 0 spiro atoms. The lowest BCUT2D eigenvalue weighted by atomic mass is 9.91. The van der Waals surface area contributed by atoms with Crippen LogP contribution in [0.4, 0.5) is 0 Å². The first-order valence-corrected chi connectivity index (χ1v) is 8.04. The van der Waals surface area contributed by atoms with Crippen LogP contribution >= 0.6 is 11.3 Å². The van der Waals surface area contributed by atoms with Gasteiger partial charge in [0.25, 0.3) is 0 Å². The van der Waals surface area contributed by atoms with Crippen LogP contribution in [-0.2, 0) is 5.60 Å². The largest absolute Gasteiger partial charge is 0.378 e. The lowest BCUT2D eigenvalue weighted by Gasteiger charge is -2.23. The van der Waals surface area contributed by atoms with Crippen molar-refractivity contribution in [3.8, 4) is 0 Å². The standard InChI is InChI=1S/C19H15NOS/c1-19(21,18-20-16-11-4-5-12-17(16)22-18)15-10-6-8-13-7-2-3-9-14(13)15/h2-12,21H,1H3. The van der Waals surface area contributed by atoms with Crippen LogP contribution in [0.15, 0.2) is 66.7 Å². The first-order valence-electron chi connectivity index (χ1n) is 7.23. The molecule has 108 valence electrons. The van der Waals surface area contributed by atoms with Gasteiger partial charge in [0.1, 0.15) is 10.6 Å². The first-order chi connectivity index (χ1) is 10.7. The number of benzene rings is 3. The number of aromatic nitrogens is 1. The molecule has 0 aliphatic rings. The summed E-state index contributed by atoms with van der Waals surface area (Å²) in [7, 11) is 0. The van der Waals surface area contributed by atoms with E-state index in [9.17, 15) is 5.11 Å². The fraction of sp³-hybridized carbons (Fsp3) is 0.105. The summed E-state index contributed by atoms with van der Waals surface area (Å²) in [6.45, 7) is 1.83. The lowest BCUT2D eigenvalue weighted by molar-refractivity contribution is 0.104. The highest BCUT2D eigenvalue weighted by Gasteiger charge is 2.31. The number of hydrogen-bond donors (Lipinski definition) is 1. The predicted molar refractivity (Wildman–Crippen MR) is 92.2 cm³/mol. The van der Waals surface area contributed by atoms with Crippen LogP contribution in [0, 0.1) is 0 Å². The first kappa shape index (κ1) is 13.4. The van der Waals surface area contributed by atoms with Gasteiger partial charge in [0.2, 0.25) is 0 Å². The maximum absolute atomic E-state index is 11.2. The fourth-order valence-corrected chi connectivity index (χ4v) is 3.87. The normalized spacial score (nSPS) is 14.3. The zero-order chi connectivity index (χ0) is 15.2. The van der Waals surface area contributed by atoms with Crippen molar-refractivity contribution in [1.82, 2.24) is 4.98 Å². The molecule has 3 heteroatoms. The van der Waals surface area contributed by atoms with E-state index in [0.29, 0.717) is 0 Å². The smallest absolute Gasteiger partial charge is 0.139 e.